The maximum Gasteiger partial charge on any atom is 0.331 e. The lowest BCUT2D eigenvalue weighted by molar-refractivity contribution is -0.140. The number of aromatic nitrogens is 1. The average Bonchev–Trinajstić information content (AvgIpc) is 3.16. The Morgan fingerprint density at radius 3 is 2.26 bits per heavy atom. The first-order chi connectivity index (χ1) is 16.4. The van der Waals surface area contributed by atoms with Crippen molar-refractivity contribution in [2.75, 3.05) is 0 Å². The number of hydrogen-bond acceptors (Lipinski definition) is 4. The van der Waals surface area contributed by atoms with Gasteiger partial charge in [0.15, 0.2) is 5.78 Å². The molecule has 4 aromatic rings. The van der Waals surface area contributed by atoms with Gasteiger partial charge in [-0.15, -0.1) is 12.3 Å². The highest BCUT2D eigenvalue weighted by atomic mass is 16.7. The third kappa shape index (κ3) is 4.35. The van der Waals surface area contributed by atoms with Gasteiger partial charge in [0.25, 0.3) is 0 Å². The van der Waals surface area contributed by atoms with Gasteiger partial charge in [0, 0.05) is 64.8 Å². The van der Waals surface area contributed by atoms with E-state index in [-0.39, 0.29) is 5.78 Å². The highest BCUT2D eigenvalue weighted by molar-refractivity contribution is 6.16. The van der Waals surface area contributed by atoms with Crippen LogP contribution < -0.4 is 0 Å². The summed E-state index contributed by atoms with van der Waals surface area (Å²) in [5.41, 5.74) is 5.85. The highest BCUT2D eigenvalue weighted by Crippen LogP contribution is 2.32. The molecule has 1 heterocycles. The van der Waals surface area contributed by atoms with Crippen molar-refractivity contribution < 1.29 is 14.4 Å². The minimum Gasteiger partial charge on any atom is -0.341 e. The summed E-state index contributed by atoms with van der Waals surface area (Å²) in [7, 11) is 0. The van der Waals surface area contributed by atoms with Crippen molar-refractivity contribution in [3.63, 3.8) is 0 Å². The first-order valence-corrected chi connectivity index (χ1v) is 11.3. The number of aryl methyl sites for hydroxylation is 2. The number of ketones is 1. The van der Waals surface area contributed by atoms with Crippen LogP contribution in [0.3, 0.4) is 0 Å². The number of hydrogen-bond donors (Lipinski definition) is 0. The molecule has 0 aliphatic rings. The van der Waals surface area contributed by atoms with E-state index in [1.54, 1.807) is 0 Å². The molecule has 0 spiro atoms. The van der Waals surface area contributed by atoms with E-state index in [2.05, 4.69) is 22.6 Å². The second-order valence-electron chi connectivity index (χ2n) is 8.18. The van der Waals surface area contributed by atoms with E-state index in [1.165, 1.54) is 6.92 Å². The molecule has 34 heavy (non-hydrogen) atoms. The second kappa shape index (κ2) is 9.76. The Balaban J connectivity index is 1.88. The first kappa shape index (κ1) is 23.0. The Kier molecular flexibility index (Phi) is 6.60. The van der Waals surface area contributed by atoms with Crippen molar-refractivity contribution >= 4 is 39.3 Å². The summed E-state index contributed by atoms with van der Waals surface area (Å²) in [5.74, 6) is 2.13. The van der Waals surface area contributed by atoms with Crippen LogP contribution >= 0.6 is 0 Å². The van der Waals surface area contributed by atoms with Crippen LogP contribution in [0.4, 0.5) is 0 Å². The van der Waals surface area contributed by atoms with E-state index in [1.807, 2.05) is 67.6 Å². The number of fused-ring (bicyclic) bond motifs is 3. The smallest absolute Gasteiger partial charge is 0.331 e. The van der Waals surface area contributed by atoms with Gasteiger partial charge in [-0.3, -0.25) is 4.79 Å². The summed E-state index contributed by atoms with van der Waals surface area (Å²) in [4.78, 5) is 29.5. The van der Waals surface area contributed by atoms with Gasteiger partial charge in [-0.2, -0.15) is 0 Å². The summed E-state index contributed by atoms with van der Waals surface area (Å²) < 4.78 is 2.22. The van der Waals surface area contributed by atoms with Gasteiger partial charge in [-0.05, 0) is 49.7 Å². The molecule has 0 N–H and O–H groups in total. The quantitative estimate of drug-likeness (QED) is 0.113. The number of carbonyl (C=O) groups is 2. The number of carbonyl (C=O) groups excluding carboxylic acids is 2. The summed E-state index contributed by atoms with van der Waals surface area (Å²) in [6.45, 7) is 6.14. The van der Waals surface area contributed by atoms with Crippen molar-refractivity contribution in [1.82, 2.24) is 4.57 Å². The SMILES string of the molecule is C#CCCC(=NOC(C)=O)c1ccc2c(c1)c1cc(C(=O)c3ccccc3C)ccc1n2CC. The molecule has 0 saturated heterocycles. The minimum absolute atomic E-state index is 0.000294. The molecular formula is C29H26N2O3. The van der Waals surface area contributed by atoms with Gasteiger partial charge in [0.05, 0.1) is 5.71 Å². The van der Waals surface area contributed by atoms with Crippen LogP contribution in [0.5, 0.6) is 0 Å². The molecule has 0 unspecified atom stereocenters. The lowest BCUT2D eigenvalue weighted by atomic mass is 9.97. The van der Waals surface area contributed by atoms with E-state index in [0.29, 0.717) is 29.7 Å². The summed E-state index contributed by atoms with van der Waals surface area (Å²) >= 11 is 0. The van der Waals surface area contributed by atoms with Crippen molar-refractivity contribution in [2.45, 2.75) is 40.2 Å². The van der Waals surface area contributed by atoms with E-state index in [0.717, 1.165) is 39.5 Å². The molecular weight excluding hydrogens is 424 g/mol. The van der Waals surface area contributed by atoms with Crippen LogP contribution in [0.1, 0.15) is 53.7 Å². The lowest BCUT2D eigenvalue weighted by Gasteiger charge is -2.06. The Morgan fingerprint density at radius 2 is 1.65 bits per heavy atom. The average molecular weight is 451 g/mol. The number of oxime groups is 1. The first-order valence-electron chi connectivity index (χ1n) is 11.3. The Bertz CT molecular complexity index is 1480. The molecule has 4 rings (SSSR count). The molecule has 0 saturated carbocycles. The van der Waals surface area contributed by atoms with E-state index in [9.17, 15) is 9.59 Å². The Morgan fingerprint density at radius 1 is 1.00 bits per heavy atom. The van der Waals surface area contributed by atoms with Gasteiger partial charge in [-0.25, -0.2) is 4.79 Å². The van der Waals surface area contributed by atoms with Crippen LogP contribution in [0.15, 0.2) is 65.8 Å². The van der Waals surface area contributed by atoms with Gasteiger partial charge in [-0.1, -0.05) is 35.5 Å². The Hall–Kier alpha value is -4.17. The van der Waals surface area contributed by atoms with Gasteiger partial charge >= 0.3 is 5.97 Å². The van der Waals surface area contributed by atoms with Crippen molar-refractivity contribution in [3.05, 3.63) is 82.9 Å². The van der Waals surface area contributed by atoms with Gasteiger partial charge in [0.2, 0.25) is 0 Å². The van der Waals surface area contributed by atoms with Crippen LogP contribution in [0.2, 0.25) is 0 Å². The van der Waals surface area contributed by atoms with Crippen LogP contribution in [-0.4, -0.2) is 22.0 Å². The molecule has 5 nitrogen and oxygen atoms in total. The van der Waals surface area contributed by atoms with Gasteiger partial charge in [0.1, 0.15) is 0 Å². The molecule has 1 aromatic heterocycles. The largest absolute Gasteiger partial charge is 0.341 e. The van der Waals surface area contributed by atoms with Crippen LogP contribution in [0, 0.1) is 19.3 Å². The van der Waals surface area contributed by atoms with Crippen molar-refractivity contribution in [3.8, 4) is 12.3 Å². The zero-order chi connectivity index (χ0) is 24.2. The molecule has 3 aromatic carbocycles. The molecule has 0 radical (unpaired) electrons. The molecule has 0 amide bonds. The van der Waals surface area contributed by atoms with E-state index >= 15 is 0 Å². The van der Waals surface area contributed by atoms with E-state index in [4.69, 9.17) is 11.3 Å². The summed E-state index contributed by atoms with van der Waals surface area (Å²) in [6, 6.07) is 19.5. The minimum atomic E-state index is -0.485. The number of terminal acetylenes is 1. The molecule has 0 bridgehead atoms. The highest BCUT2D eigenvalue weighted by Gasteiger charge is 2.17. The molecule has 5 heteroatoms. The van der Waals surface area contributed by atoms with E-state index < -0.39 is 5.97 Å². The lowest BCUT2D eigenvalue weighted by Crippen LogP contribution is -2.04. The molecule has 0 atom stereocenters. The second-order valence-corrected chi connectivity index (χ2v) is 8.18. The third-order valence-electron chi connectivity index (χ3n) is 5.96. The van der Waals surface area contributed by atoms with Crippen LogP contribution in [0.25, 0.3) is 21.8 Å². The zero-order valence-corrected chi connectivity index (χ0v) is 19.6. The number of benzene rings is 3. The summed E-state index contributed by atoms with van der Waals surface area (Å²) in [5, 5.41) is 6.04. The molecule has 0 fully saturated rings. The fraction of sp³-hybridized carbons (Fsp3) is 0.207. The van der Waals surface area contributed by atoms with Gasteiger partial charge < -0.3 is 9.40 Å². The molecule has 170 valence electrons. The normalized spacial score (nSPS) is 11.5. The summed E-state index contributed by atoms with van der Waals surface area (Å²) in [6.07, 6.45) is 6.41. The fourth-order valence-electron chi connectivity index (χ4n) is 4.30. The monoisotopic (exact) mass is 450 g/mol. The predicted octanol–water partition coefficient (Wildman–Crippen LogP) is 6.03. The zero-order valence-electron chi connectivity index (χ0n) is 19.6. The molecule has 0 aliphatic carbocycles. The maximum absolute atomic E-state index is 13.3. The fourth-order valence-corrected chi connectivity index (χ4v) is 4.30. The Labute approximate surface area is 199 Å². The predicted molar refractivity (Wildman–Crippen MR) is 136 cm³/mol. The van der Waals surface area contributed by atoms with Crippen molar-refractivity contribution in [1.29, 1.82) is 0 Å². The number of nitrogens with zero attached hydrogens (tertiary/aromatic N) is 2. The standard InChI is InChI=1S/C29H26N2O3/c1-5-7-12-26(30-34-20(4)32)21-13-15-27-24(17-21)25-18-22(14-16-28(25)31(27)6-2)29(33)23-11-9-8-10-19(23)3/h1,8-11,13-18H,6-7,12H2,2-4H3. The van der Waals surface area contributed by atoms with Crippen molar-refractivity contribution in [2.24, 2.45) is 5.16 Å². The maximum atomic E-state index is 13.3. The van der Waals surface area contributed by atoms with Crippen LogP contribution in [-0.2, 0) is 16.2 Å². The number of rotatable bonds is 7. The topological polar surface area (TPSA) is 60.7 Å². The molecule has 0 aliphatic heterocycles. The third-order valence-corrected chi connectivity index (χ3v) is 5.96.